The number of rotatable bonds is 5. The van der Waals surface area contributed by atoms with Gasteiger partial charge in [0.05, 0.1) is 27.2 Å². The number of aromatic amines is 1. The van der Waals surface area contributed by atoms with Gasteiger partial charge in [0.25, 0.3) is 15.6 Å². The van der Waals surface area contributed by atoms with Gasteiger partial charge in [0.1, 0.15) is 5.82 Å². The van der Waals surface area contributed by atoms with E-state index in [1.807, 2.05) is 12.1 Å². The molecule has 0 aliphatic carbocycles. The summed E-state index contributed by atoms with van der Waals surface area (Å²) in [4.78, 5) is 22.5. The molecule has 1 aliphatic rings. The van der Waals surface area contributed by atoms with Crippen molar-refractivity contribution in [1.82, 2.24) is 18.8 Å². The Kier molecular flexibility index (Phi) is 6.35. The monoisotopic (exact) mass is 564 g/mol. The smallest absolute Gasteiger partial charge is 0.306 e. The lowest BCUT2D eigenvalue weighted by Crippen LogP contribution is -2.35. The van der Waals surface area contributed by atoms with Crippen molar-refractivity contribution in [3.05, 3.63) is 118 Å². The number of benzene rings is 3. The van der Waals surface area contributed by atoms with Crippen LogP contribution in [-0.4, -0.2) is 33.8 Å². The molecular formula is C29H23F3N4O3S. The van der Waals surface area contributed by atoms with Crippen molar-refractivity contribution in [1.29, 1.82) is 0 Å². The third-order valence-electron chi connectivity index (χ3n) is 7.09. The van der Waals surface area contributed by atoms with Crippen LogP contribution in [0.25, 0.3) is 22.3 Å². The fraction of sp³-hybridized carbons (Fsp3) is 0.172. The Labute approximate surface area is 227 Å². The van der Waals surface area contributed by atoms with Crippen LogP contribution in [0.5, 0.6) is 0 Å². The van der Waals surface area contributed by atoms with E-state index in [9.17, 15) is 26.4 Å². The molecule has 1 aliphatic heterocycles. The Morgan fingerprint density at radius 1 is 0.925 bits per heavy atom. The number of nitrogens with one attached hydrogen (secondary N) is 1. The van der Waals surface area contributed by atoms with E-state index in [4.69, 9.17) is 0 Å². The number of nitrogens with zero attached hydrogens (tertiary/aromatic N) is 3. The molecule has 0 radical (unpaired) electrons. The molecule has 0 saturated carbocycles. The minimum absolute atomic E-state index is 0.190. The van der Waals surface area contributed by atoms with Gasteiger partial charge in [0.2, 0.25) is 0 Å². The molecule has 2 aromatic heterocycles. The van der Waals surface area contributed by atoms with Gasteiger partial charge in [-0.1, -0.05) is 48.5 Å². The maximum atomic E-state index is 13.4. The van der Waals surface area contributed by atoms with Gasteiger partial charge in [0, 0.05) is 43.2 Å². The zero-order valence-corrected chi connectivity index (χ0v) is 21.8. The number of hydrogen-bond donors (Lipinski definition) is 1. The third-order valence-corrected chi connectivity index (χ3v) is 8.78. The van der Waals surface area contributed by atoms with Crippen molar-refractivity contribution >= 4 is 20.9 Å². The van der Waals surface area contributed by atoms with Gasteiger partial charge in [-0.3, -0.25) is 9.69 Å². The molecule has 7 nitrogen and oxygen atoms in total. The first-order valence-electron chi connectivity index (χ1n) is 12.5. The van der Waals surface area contributed by atoms with E-state index in [1.165, 1.54) is 16.1 Å². The van der Waals surface area contributed by atoms with Gasteiger partial charge in [-0.2, -0.15) is 13.2 Å². The van der Waals surface area contributed by atoms with Gasteiger partial charge < -0.3 is 4.98 Å². The highest BCUT2D eigenvalue weighted by molar-refractivity contribution is 7.90. The van der Waals surface area contributed by atoms with Crippen molar-refractivity contribution in [3.63, 3.8) is 0 Å². The molecule has 0 fully saturated rings. The van der Waals surface area contributed by atoms with E-state index in [-0.39, 0.29) is 16.3 Å². The largest absolute Gasteiger partial charge is 0.416 e. The molecule has 1 N–H and O–H groups in total. The van der Waals surface area contributed by atoms with E-state index in [0.29, 0.717) is 48.4 Å². The summed E-state index contributed by atoms with van der Waals surface area (Å²) in [6.07, 6.45) is -2.34. The Bertz CT molecular complexity index is 1880. The second-order valence-corrected chi connectivity index (χ2v) is 11.5. The highest BCUT2D eigenvalue weighted by Crippen LogP contribution is 2.31. The Morgan fingerprint density at radius 2 is 1.62 bits per heavy atom. The average Bonchev–Trinajstić information content (AvgIpc) is 3.32. The summed E-state index contributed by atoms with van der Waals surface area (Å²) in [7, 11) is -3.81. The summed E-state index contributed by atoms with van der Waals surface area (Å²) in [5.41, 5.74) is 1.74. The van der Waals surface area contributed by atoms with Gasteiger partial charge in [-0.05, 0) is 35.9 Å². The summed E-state index contributed by atoms with van der Waals surface area (Å²) in [5, 5.41) is 0.803. The minimum atomic E-state index is -4.45. The molecule has 6 rings (SSSR count). The van der Waals surface area contributed by atoms with E-state index >= 15 is 0 Å². The van der Waals surface area contributed by atoms with Crippen LogP contribution >= 0.6 is 0 Å². The molecule has 40 heavy (non-hydrogen) atoms. The maximum Gasteiger partial charge on any atom is 0.416 e. The van der Waals surface area contributed by atoms with E-state index in [1.54, 1.807) is 48.7 Å². The molecule has 3 aromatic carbocycles. The van der Waals surface area contributed by atoms with E-state index < -0.39 is 21.8 Å². The van der Waals surface area contributed by atoms with Gasteiger partial charge >= 0.3 is 6.18 Å². The first-order valence-corrected chi connectivity index (χ1v) is 14.0. The quantitative estimate of drug-likeness (QED) is 0.317. The SMILES string of the molecule is O=c1[nH]c(-c2ccc(C(F)(F)F)cc2)nc2c1CN(Cc1cn(S(=O)(=O)c3ccccc3)c3ccccc13)CC2. The van der Waals surface area contributed by atoms with E-state index in [0.717, 1.165) is 23.1 Å². The summed E-state index contributed by atoms with van der Waals surface area (Å²) in [6, 6.07) is 20.0. The van der Waals surface area contributed by atoms with Gasteiger partial charge in [0.15, 0.2) is 0 Å². The second kappa shape index (κ2) is 9.76. The predicted molar refractivity (Wildman–Crippen MR) is 144 cm³/mol. The Morgan fingerprint density at radius 3 is 2.35 bits per heavy atom. The molecular weight excluding hydrogens is 541 g/mol. The van der Waals surface area contributed by atoms with E-state index in [2.05, 4.69) is 14.9 Å². The number of para-hydroxylation sites is 1. The fourth-order valence-electron chi connectivity index (χ4n) is 5.06. The fourth-order valence-corrected chi connectivity index (χ4v) is 6.47. The lowest BCUT2D eigenvalue weighted by Gasteiger charge is -2.27. The summed E-state index contributed by atoms with van der Waals surface area (Å²) >= 11 is 0. The normalized spacial score (nSPS) is 14.4. The maximum absolute atomic E-state index is 13.4. The number of H-pyrrole nitrogens is 1. The van der Waals surface area contributed by atoms with Crippen molar-refractivity contribution < 1.29 is 21.6 Å². The van der Waals surface area contributed by atoms with Crippen molar-refractivity contribution in [2.75, 3.05) is 6.54 Å². The lowest BCUT2D eigenvalue weighted by atomic mass is 10.0. The average molecular weight is 565 g/mol. The summed E-state index contributed by atoms with van der Waals surface area (Å²) in [6.45, 7) is 1.29. The van der Waals surface area contributed by atoms with Crippen LogP contribution in [0, 0.1) is 0 Å². The molecule has 0 amide bonds. The third kappa shape index (κ3) is 4.71. The van der Waals surface area contributed by atoms with Crippen LogP contribution in [-0.2, 0) is 35.7 Å². The molecule has 204 valence electrons. The van der Waals surface area contributed by atoms with Gasteiger partial charge in [-0.15, -0.1) is 0 Å². The first-order chi connectivity index (χ1) is 19.1. The number of hydrogen-bond acceptors (Lipinski definition) is 5. The summed E-state index contributed by atoms with van der Waals surface area (Å²) < 4.78 is 66.9. The Hall–Kier alpha value is -4.22. The number of aromatic nitrogens is 3. The molecule has 5 aromatic rings. The summed E-state index contributed by atoms with van der Waals surface area (Å²) in [5.74, 6) is 0.222. The van der Waals surface area contributed by atoms with Crippen LogP contribution in [0.2, 0.25) is 0 Å². The molecule has 0 spiro atoms. The zero-order valence-electron chi connectivity index (χ0n) is 21.0. The van der Waals surface area contributed by atoms with Crippen LogP contribution < -0.4 is 5.56 Å². The van der Waals surface area contributed by atoms with Crippen molar-refractivity contribution in [3.8, 4) is 11.4 Å². The number of alkyl halides is 3. The Balaban J connectivity index is 1.28. The minimum Gasteiger partial charge on any atom is -0.306 e. The van der Waals surface area contributed by atoms with Crippen LogP contribution in [0.1, 0.15) is 22.4 Å². The topological polar surface area (TPSA) is 88.1 Å². The molecule has 11 heteroatoms. The molecule has 0 atom stereocenters. The highest BCUT2D eigenvalue weighted by Gasteiger charge is 2.30. The number of fused-ring (bicyclic) bond motifs is 2. The zero-order chi connectivity index (χ0) is 28.1. The lowest BCUT2D eigenvalue weighted by molar-refractivity contribution is -0.137. The van der Waals surface area contributed by atoms with Gasteiger partial charge in [-0.25, -0.2) is 17.4 Å². The predicted octanol–water partition coefficient (Wildman–Crippen LogP) is 5.21. The van der Waals surface area contributed by atoms with Crippen LogP contribution in [0.3, 0.4) is 0 Å². The van der Waals surface area contributed by atoms with Crippen LogP contribution in [0.4, 0.5) is 13.2 Å². The highest BCUT2D eigenvalue weighted by atomic mass is 32.2. The second-order valence-electron chi connectivity index (χ2n) is 9.66. The molecule has 0 unspecified atom stereocenters. The van der Waals surface area contributed by atoms with Crippen molar-refractivity contribution in [2.24, 2.45) is 0 Å². The molecule has 0 bridgehead atoms. The first kappa shape index (κ1) is 26.0. The molecule has 0 saturated heterocycles. The molecule has 3 heterocycles. The van der Waals surface area contributed by atoms with Crippen molar-refractivity contribution in [2.45, 2.75) is 30.6 Å². The number of halogens is 3. The van der Waals surface area contributed by atoms with Crippen LogP contribution in [0.15, 0.2) is 94.7 Å². The standard InChI is InChI=1S/C29H23F3N4O3S/c30-29(31,32)21-12-10-19(11-13-21)27-33-25-14-15-35(18-24(25)28(37)34-27)16-20-17-36(26-9-5-4-8-23(20)26)40(38,39)22-6-2-1-3-7-22/h1-13,17H,14-16,18H2,(H,33,34,37).